The molecule has 6 heteroatoms. The lowest BCUT2D eigenvalue weighted by Crippen LogP contribution is -2.31. The number of imidazole rings is 1. The third-order valence-electron chi connectivity index (χ3n) is 4.64. The molecule has 2 aromatic rings. The Morgan fingerprint density at radius 3 is 2.84 bits per heavy atom. The first-order valence-corrected chi connectivity index (χ1v) is 6.79. The van der Waals surface area contributed by atoms with E-state index in [2.05, 4.69) is 20.3 Å². The normalized spacial score (nSPS) is 33.2. The highest BCUT2D eigenvalue weighted by molar-refractivity contribution is 5.82. The summed E-state index contributed by atoms with van der Waals surface area (Å²) in [7, 11) is 1.93. The Morgan fingerprint density at radius 2 is 2.11 bits per heavy atom. The van der Waals surface area contributed by atoms with Gasteiger partial charge in [0.05, 0.1) is 12.4 Å². The van der Waals surface area contributed by atoms with Crippen LogP contribution in [0.25, 0.3) is 11.2 Å². The minimum Gasteiger partial charge on any atom is -0.393 e. The maximum atomic E-state index is 9.81. The fraction of sp³-hybridized carbons (Fsp3) is 0.615. The minimum absolute atomic E-state index is 0.0941. The van der Waals surface area contributed by atoms with Crippen LogP contribution in [0, 0.1) is 11.8 Å². The zero-order chi connectivity index (χ0) is 13.0. The van der Waals surface area contributed by atoms with Crippen LogP contribution in [0.2, 0.25) is 0 Å². The largest absolute Gasteiger partial charge is 0.393 e. The van der Waals surface area contributed by atoms with Crippen molar-refractivity contribution in [2.75, 3.05) is 5.32 Å². The Morgan fingerprint density at radius 1 is 1.21 bits per heavy atom. The van der Waals surface area contributed by atoms with E-state index in [9.17, 15) is 5.11 Å². The Kier molecular flexibility index (Phi) is 2.29. The molecular weight excluding hydrogens is 242 g/mol. The van der Waals surface area contributed by atoms with Crippen molar-refractivity contribution in [1.82, 2.24) is 19.5 Å². The highest BCUT2D eigenvalue weighted by Gasteiger charge is 2.45. The van der Waals surface area contributed by atoms with Crippen LogP contribution in [-0.2, 0) is 7.05 Å². The van der Waals surface area contributed by atoms with E-state index >= 15 is 0 Å². The predicted molar refractivity (Wildman–Crippen MR) is 70.6 cm³/mol. The lowest BCUT2D eigenvalue weighted by Gasteiger charge is -2.26. The molecule has 6 nitrogen and oxygen atoms in total. The molecule has 0 amide bonds. The van der Waals surface area contributed by atoms with Crippen LogP contribution < -0.4 is 5.32 Å². The van der Waals surface area contributed by atoms with E-state index in [1.54, 1.807) is 12.7 Å². The molecule has 0 unspecified atom stereocenters. The molecule has 0 aliphatic heterocycles. The molecule has 0 radical (unpaired) electrons. The van der Waals surface area contributed by atoms with Crippen LogP contribution in [0.3, 0.4) is 0 Å². The van der Waals surface area contributed by atoms with E-state index < -0.39 is 0 Å². The number of hydrogen-bond acceptors (Lipinski definition) is 5. The van der Waals surface area contributed by atoms with Gasteiger partial charge in [-0.25, -0.2) is 15.0 Å². The number of rotatable bonds is 2. The zero-order valence-electron chi connectivity index (χ0n) is 10.8. The van der Waals surface area contributed by atoms with Gasteiger partial charge in [-0.2, -0.15) is 0 Å². The molecule has 2 fully saturated rings. The first kappa shape index (κ1) is 11.2. The summed E-state index contributed by atoms with van der Waals surface area (Å²) in [5.74, 6) is 1.84. The Bertz CT molecular complexity index is 623. The molecule has 100 valence electrons. The highest BCUT2D eigenvalue weighted by Crippen LogP contribution is 2.45. The van der Waals surface area contributed by atoms with E-state index in [1.165, 1.54) is 0 Å². The van der Waals surface area contributed by atoms with Gasteiger partial charge in [-0.3, -0.25) is 0 Å². The fourth-order valence-corrected chi connectivity index (χ4v) is 3.65. The molecular formula is C13H17N5O. The Balaban J connectivity index is 1.63. The second-order valence-corrected chi connectivity index (χ2v) is 5.80. The predicted octanol–water partition coefficient (Wildman–Crippen LogP) is 0.935. The lowest BCUT2D eigenvalue weighted by molar-refractivity contribution is 0.110. The number of hydrogen-bond donors (Lipinski definition) is 2. The van der Waals surface area contributed by atoms with Crippen LogP contribution in [0.15, 0.2) is 12.7 Å². The monoisotopic (exact) mass is 259 g/mol. The number of aryl methyl sites for hydroxylation is 1. The number of aliphatic hydroxyl groups is 1. The van der Waals surface area contributed by atoms with Crippen molar-refractivity contribution in [3.05, 3.63) is 12.7 Å². The van der Waals surface area contributed by atoms with Crippen LogP contribution in [-0.4, -0.2) is 36.8 Å². The number of fused-ring (bicyclic) bond motifs is 3. The topological polar surface area (TPSA) is 75.9 Å². The molecule has 2 heterocycles. The molecule has 4 atom stereocenters. The van der Waals surface area contributed by atoms with Crippen LogP contribution in [0.1, 0.15) is 19.3 Å². The van der Waals surface area contributed by atoms with Gasteiger partial charge in [-0.15, -0.1) is 0 Å². The number of nitrogens with one attached hydrogen (secondary N) is 1. The summed E-state index contributed by atoms with van der Waals surface area (Å²) >= 11 is 0. The van der Waals surface area contributed by atoms with Gasteiger partial charge in [-0.05, 0) is 31.1 Å². The summed E-state index contributed by atoms with van der Waals surface area (Å²) in [6.45, 7) is 0. The third-order valence-corrected chi connectivity index (χ3v) is 4.64. The van der Waals surface area contributed by atoms with Crippen molar-refractivity contribution in [2.24, 2.45) is 18.9 Å². The number of aromatic nitrogens is 4. The van der Waals surface area contributed by atoms with Crippen LogP contribution in [0.4, 0.5) is 5.82 Å². The summed E-state index contributed by atoms with van der Waals surface area (Å²) in [6, 6.07) is 0.411. The highest BCUT2D eigenvalue weighted by atomic mass is 16.3. The van der Waals surface area contributed by atoms with Gasteiger partial charge in [0.2, 0.25) is 0 Å². The smallest absolute Gasteiger partial charge is 0.165 e. The van der Waals surface area contributed by atoms with Crippen molar-refractivity contribution in [2.45, 2.75) is 31.4 Å². The molecule has 2 aliphatic carbocycles. The first-order chi connectivity index (χ1) is 9.22. The van der Waals surface area contributed by atoms with E-state index in [-0.39, 0.29) is 6.10 Å². The van der Waals surface area contributed by atoms with E-state index in [4.69, 9.17) is 0 Å². The molecule has 2 bridgehead atoms. The second kappa shape index (κ2) is 3.90. The van der Waals surface area contributed by atoms with Gasteiger partial charge in [0.25, 0.3) is 0 Å². The standard InChI is InChI=1S/C13H17N5O/c1-18-6-16-11-12(14-5-15-13(11)18)17-9-3-8-2-7(9)4-10(8)19/h5-10,19H,2-4H2,1H3,(H,14,15,17)/t7-,8-,9-,10+/m1/s1. The van der Waals surface area contributed by atoms with Crippen molar-refractivity contribution in [1.29, 1.82) is 0 Å². The maximum absolute atomic E-state index is 9.81. The summed E-state index contributed by atoms with van der Waals surface area (Å²) in [6.07, 6.45) is 6.32. The SMILES string of the molecule is Cn1cnc2c(N[C@@H]3C[C@H]4C[C@@H]3C[C@@H]4O)ncnc21. The number of nitrogens with zero attached hydrogens (tertiary/aromatic N) is 4. The van der Waals surface area contributed by atoms with Gasteiger partial charge in [0, 0.05) is 13.1 Å². The van der Waals surface area contributed by atoms with E-state index in [0.717, 1.165) is 36.2 Å². The molecule has 2 aliphatic rings. The maximum Gasteiger partial charge on any atom is 0.165 e. The fourth-order valence-electron chi connectivity index (χ4n) is 3.65. The number of anilines is 1. The molecule has 2 aromatic heterocycles. The molecule has 0 spiro atoms. The van der Waals surface area contributed by atoms with Crippen molar-refractivity contribution < 1.29 is 5.11 Å². The lowest BCUT2D eigenvalue weighted by atomic mass is 9.93. The van der Waals surface area contributed by atoms with Gasteiger partial charge in [0.15, 0.2) is 11.5 Å². The van der Waals surface area contributed by atoms with Crippen molar-refractivity contribution >= 4 is 17.0 Å². The summed E-state index contributed by atoms with van der Waals surface area (Å²) < 4.78 is 1.90. The average molecular weight is 259 g/mol. The molecule has 2 saturated carbocycles. The van der Waals surface area contributed by atoms with Crippen molar-refractivity contribution in [3.8, 4) is 0 Å². The molecule has 0 aromatic carbocycles. The van der Waals surface area contributed by atoms with Gasteiger partial charge < -0.3 is 15.0 Å². The summed E-state index contributed by atoms with van der Waals surface area (Å²) in [4.78, 5) is 12.9. The van der Waals surface area contributed by atoms with E-state index in [0.29, 0.717) is 17.9 Å². The molecule has 4 rings (SSSR count). The summed E-state index contributed by atoms with van der Waals surface area (Å²) in [5.41, 5.74) is 1.68. The first-order valence-electron chi connectivity index (χ1n) is 6.79. The van der Waals surface area contributed by atoms with Crippen molar-refractivity contribution in [3.63, 3.8) is 0 Å². The Hall–Kier alpha value is -1.69. The van der Waals surface area contributed by atoms with Crippen LogP contribution >= 0.6 is 0 Å². The second-order valence-electron chi connectivity index (χ2n) is 5.80. The molecule has 19 heavy (non-hydrogen) atoms. The minimum atomic E-state index is -0.0941. The van der Waals surface area contributed by atoms with Crippen LogP contribution in [0.5, 0.6) is 0 Å². The number of aliphatic hydroxyl groups excluding tert-OH is 1. The molecule has 2 N–H and O–H groups in total. The van der Waals surface area contributed by atoms with E-state index in [1.807, 2.05) is 11.6 Å². The Labute approximate surface area is 110 Å². The summed E-state index contributed by atoms with van der Waals surface area (Å²) in [5, 5.41) is 13.3. The van der Waals surface area contributed by atoms with Gasteiger partial charge >= 0.3 is 0 Å². The third kappa shape index (κ3) is 1.63. The quantitative estimate of drug-likeness (QED) is 0.839. The van der Waals surface area contributed by atoms with Gasteiger partial charge in [0.1, 0.15) is 11.8 Å². The molecule has 0 saturated heterocycles. The average Bonchev–Trinajstić information content (AvgIpc) is 3.05. The zero-order valence-corrected chi connectivity index (χ0v) is 10.8. The van der Waals surface area contributed by atoms with Gasteiger partial charge in [-0.1, -0.05) is 0 Å².